The molecule has 18 heavy (non-hydrogen) atoms. The summed E-state index contributed by atoms with van der Waals surface area (Å²) in [6.07, 6.45) is 5.30. The third-order valence-corrected chi connectivity index (χ3v) is 3.69. The maximum absolute atomic E-state index is 4.50. The SMILES string of the molecule is CN1CCC(Cn2ccnc2-c2ccccc2)C1. The largest absolute Gasteiger partial charge is 0.331 e. The second-order valence-electron chi connectivity index (χ2n) is 5.19. The minimum atomic E-state index is 0.756. The van der Waals surface area contributed by atoms with Crippen LogP contribution >= 0.6 is 0 Å². The van der Waals surface area contributed by atoms with Gasteiger partial charge in [-0.05, 0) is 25.9 Å². The van der Waals surface area contributed by atoms with Crippen LogP contribution in [-0.2, 0) is 6.54 Å². The minimum absolute atomic E-state index is 0.756. The van der Waals surface area contributed by atoms with Crippen LogP contribution in [0.3, 0.4) is 0 Å². The Kier molecular flexibility index (Phi) is 3.15. The van der Waals surface area contributed by atoms with E-state index in [0.29, 0.717) is 0 Å². The van der Waals surface area contributed by atoms with E-state index in [-0.39, 0.29) is 0 Å². The number of imidazole rings is 1. The Morgan fingerprint density at radius 3 is 2.83 bits per heavy atom. The van der Waals surface area contributed by atoms with Crippen LogP contribution in [0.5, 0.6) is 0 Å². The van der Waals surface area contributed by atoms with E-state index in [1.165, 1.54) is 25.1 Å². The first-order valence-electron chi connectivity index (χ1n) is 6.58. The van der Waals surface area contributed by atoms with Gasteiger partial charge in [-0.3, -0.25) is 0 Å². The highest BCUT2D eigenvalue weighted by atomic mass is 15.1. The summed E-state index contributed by atoms with van der Waals surface area (Å²) in [5.74, 6) is 1.84. The Labute approximate surface area is 108 Å². The van der Waals surface area contributed by atoms with Crippen LogP contribution in [0.4, 0.5) is 0 Å². The average Bonchev–Trinajstić information content (AvgIpc) is 3.00. The quantitative estimate of drug-likeness (QED) is 0.823. The number of likely N-dealkylation sites (tertiary alicyclic amines) is 1. The number of hydrogen-bond acceptors (Lipinski definition) is 2. The molecule has 0 radical (unpaired) electrons. The lowest BCUT2D eigenvalue weighted by Crippen LogP contribution is -2.17. The normalized spacial score (nSPS) is 20.4. The Morgan fingerprint density at radius 1 is 1.28 bits per heavy atom. The van der Waals surface area contributed by atoms with Crippen LogP contribution in [0, 0.1) is 5.92 Å². The lowest BCUT2D eigenvalue weighted by Gasteiger charge is -2.13. The van der Waals surface area contributed by atoms with Crippen LogP contribution in [0.2, 0.25) is 0 Å². The molecule has 1 atom stereocenters. The maximum Gasteiger partial charge on any atom is 0.139 e. The van der Waals surface area contributed by atoms with Crippen molar-refractivity contribution in [3.8, 4) is 11.4 Å². The second-order valence-corrected chi connectivity index (χ2v) is 5.19. The van der Waals surface area contributed by atoms with Gasteiger partial charge in [0.25, 0.3) is 0 Å². The lowest BCUT2D eigenvalue weighted by atomic mass is 10.1. The predicted molar refractivity (Wildman–Crippen MR) is 73.3 cm³/mol. The Morgan fingerprint density at radius 2 is 2.11 bits per heavy atom. The van der Waals surface area contributed by atoms with Crippen molar-refractivity contribution >= 4 is 0 Å². The van der Waals surface area contributed by atoms with Gasteiger partial charge in [0.2, 0.25) is 0 Å². The van der Waals surface area contributed by atoms with Gasteiger partial charge in [0.05, 0.1) is 0 Å². The number of nitrogens with zero attached hydrogens (tertiary/aromatic N) is 3. The maximum atomic E-state index is 4.50. The van der Waals surface area contributed by atoms with E-state index in [9.17, 15) is 0 Å². The van der Waals surface area contributed by atoms with Crippen molar-refractivity contribution in [1.82, 2.24) is 14.5 Å². The van der Waals surface area contributed by atoms with Gasteiger partial charge in [0.1, 0.15) is 5.82 Å². The Balaban J connectivity index is 1.80. The van der Waals surface area contributed by atoms with Crippen molar-refractivity contribution in [3.63, 3.8) is 0 Å². The van der Waals surface area contributed by atoms with Crippen molar-refractivity contribution in [2.45, 2.75) is 13.0 Å². The Hall–Kier alpha value is -1.61. The number of benzene rings is 1. The van der Waals surface area contributed by atoms with Crippen LogP contribution in [0.1, 0.15) is 6.42 Å². The van der Waals surface area contributed by atoms with Crippen molar-refractivity contribution in [2.75, 3.05) is 20.1 Å². The molecule has 0 spiro atoms. The molecule has 1 aromatic heterocycles. The molecule has 94 valence electrons. The average molecular weight is 241 g/mol. The van der Waals surface area contributed by atoms with Gasteiger partial charge in [-0.25, -0.2) is 4.98 Å². The van der Waals surface area contributed by atoms with E-state index in [1.807, 2.05) is 12.3 Å². The highest BCUT2D eigenvalue weighted by Gasteiger charge is 2.20. The van der Waals surface area contributed by atoms with Crippen LogP contribution in [0.15, 0.2) is 42.7 Å². The molecule has 0 saturated carbocycles. The van der Waals surface area contributed by atoms with E-state index >= 15 is 0 Å². The van der Waals surface area contributed by atoms with Gasteiger partial charge in [-0.15, -0.1) is 0 Å². The molecule has 2 heterocycles. The first-order valence-corrected chi connectivity index (χ1v) is 6.58. The summed E-state index contributed by atoms with van der Waals surface area (Å²) in [4.78, 5) is 6.90. The third-order valence-electron chi connectivity index (χ3n) is 3.69. The van der Waals surface area contributed by atoms with Gasteiger partial charge < -0.3 is 9.47 Å². The molecule has 1 saturated heterocycles. The zero-order valence-electron chi connectivity index (χ0n) is 10.8. The summed E-state index contributed by atoms with van der Waals surface area (Å²) in [5, 5.41) is 0. The zero-order valence-corrected chi connectivity index (χ0v) is 10.8. The molecule has 1 aliphatic heterocycles. The molecule has 3 rings (SSSR count). The Bertz CT molecular complexity index is 503. The summed E-state index contributed by atoms with van der Waals surface area (Å²) in [7, 11) is 2.20. The monoisotopic (exact) mass is 241 g/mol. The topological polar surface area (TPSA) is 21.1 Å². The first kappa shape index (κ1) is 11.5. The fourth-order valence-electron chi connectivity index (χ4n) is 2.76. The third kappa shape index (κ3) is 2.31. The highest BCUT2D eigenvalue weighted by Crippen LogP contribution is 2.21. The van der Waals surface area contributed by atoms with Gasteiger partial charge in [-0.2, -0.15) is 0 Å². The fourth-order valence-corrected chi connectivity index (χ4v) is 2.76. The van der Waals surface area contributed by atoms with Gasteiger partial charge >= 0.3 is 0 Å². The molecule has 0 aliphatic carbocycles. The molecule has 1 fully saturated rings. The molecule has 0 N–H and O–H groups in total. The van der Waals surface area contributed by atoms with E-state index in [0.717, 1.165) is 18.3 Å². The van der Waals surface area contributed by atoms with E-state index in [1.54, 1.807) is 0 Å². The lowest BCUT2D eigenvalue weighted by molar-refractivity contribution is 0.378. The molecule has 3 nitrogen and oxygen atoms in total. The zero-order chi connectivity index (χ0) is 12.4. The number of aromatic nitrogens is 2. The van der Waals surface area contributed by atoms with Gasteiger partial charge in [0.15, 0.2) is 0 Å². The molecule has 0 amide bonds. The van der Waals surface area contributed by atoms with Crippen LogP contribution in [0.25, 0.3) is 11.4 Å². The molecule has 0 bridgehead atoms. The number of hydrogen-bond donors (Lipinski definition) is 0. The molecule has 1 aromatic carbocycles. The van der Waals surface area contributed by atoms with Crippen LogP contribution in [-0.4, -0.2) is 34.6 Å². The van der Waals surface area contributed by atoms with Gasteiger partial charge in [-0.1, -0.05) is 30.3 Å². The predicted octanol–water partition coefficient (Wildman–Crippen LogP) is 2.50. The summed E-state index contributed by atoms with van der Waals surface area (Å²) in [6.45, 7) is 3.50. The molecule has 1 aliphatic rings. The molecule has 3 heteroatoms. The summed E-state index contributed by atoms with van der Waals surface area (Å²) >= 11 is 0. The fraction of sp³-hybridized carbons (Fsp3) is 0.400. The number of rotatable bonds is 3. The molecule has 1 unspecified atom stereocenters. The van der Waals surface area contributed by atoms with Crippen molar-refractivity contribution in [2.24, 2.45) is 5.92 Å². The van der Waals surface area contributed by atoms with E-state index in [4.69, 9.17) is 0 Å². The summed E-state index contributed by atoms with van der Waals surface area (Å²) in [6, 6.07) is 10.4. The second kappa shape index (κ2) is 4.94. The molecule has 2 aromatic rings. The first-order chi connectivity index (χ1) is 8.83. The summed E-state index contributed by atoms with van der Waals surface area (Å²) < 4.78 is 2.29. The molecular formula is C15H19N3. The van der Waals surface area contributed by atoms with E-state index < -0.39 is 0 Å². The van der Waals surface area contributed by atoms with Crippen LogP contribution < -0.4 is 0 Å². The standard InChI is InChI=1S/C15H19N3/c1-17-9-7-13(11-17)12-18-10-8-16-15(18)14-5-3-2-4-6-14/h2-6,8,10,13H,7,9,11-12H2,1H3. The van der Waals surface area contributed by atoms with Crippen molar-refractivity contribution in [3.05, 3.63) is 42.7 Å². The highest BCUT2D eigenvalue weighted by molar-refractivity contribution is 5.55. The van der Waals surface area contributed by atoms with Crippen molar-refractivity contribution in [1.29, 1.82) is 0 Å². The van der Waals surface area contributed by atoms with Gasteiger partial charge in [0, 0.05) is 31.0 Å². The summed E-state index contributed by atoms with van der Waals surface area (Å²) in [5.41, 5.74) is 1.20. The van der Waals surface area contributed by atoms with E-state index in [2.05, 4.69) is 52.0 Å². The molecular weight excluding hydrogens is 222 g/mol. The van der Waals surface area contributed by atoms with Crippen molar-refractivity contribution < 1.29 is 0 Å². The smallest absolute Gasteiger partial charge is 0.139 e. The minimum Gasteiger partial charge on any atom is -0.331 e.